The lowest BCUT2D eigenvalue weighted by molar-refractivity contribution is 0.100. The minimum atomic E-state index is -0.422. The number of fused-ring (bicyclic) bond motifs is 3. The van der Waals surface area contributed by atoms with Crippen molar-refractivity contribution in [3.8, 4) is 11.1 Å². The fourth-order valence-electron chi connectivity index (χ4n) is 4.00. The van der Waals surface area contributed by atoms with Gasteiger partial charge in [0.2, 0.25) is 5.91 Å². The Hall–Kier alpha value is -3.12. The second-order valence-electron chi connectivity index (χ2n) is 7.29. The van der Waals surface area contributed by atoms with Crippen molar-refractivity contribution in [3.63, 3.8) is 0 Å². The van der Waals surface area contributed by atoms with E-state index in [0.29, 0.717) is 12.1 Å². The molecule has 0 spiro atoms. The number of halogens is 1. The number of primary amides is 1. The van der Waals surface area contributed by atoms with Crippen LogP contribution in [0.5, 0.6) is 0 Å². The van der Waals surface area contributed by atoms with Crippen LogP contribution in [-0.4, -0.2) is 10.5 Å². The normalized spacial score (nSPS) is 11.2. The Balaban J connectivity index is 1.80. The molecule has 4 aromatic carbocycles. The quantitative estimate of drug-likeness (QED) is 0.301. The Bertz CT molecular complexity index is 1390. The van der Waals surface area contributed by atoms with Gasteiger partial charge in [-0.2, -0.15) is 0 Å². The van der Waals surface area contributed by atoms with Gasteiger partial charge in [0.05, 0.1) is 11.0 Å². The van der Waals surface area contributed by atoms with E-state index in [-0.39, 0.29) is 0 Å². The Labute approximate surface area is 188 Å². The second kappa shape index (κ2) is 7.61. The third-order valence-electron chi connectivity index (χ3n) is 5.42. The zero-order valence-corrected chi connectivity index (χ0v) is 18.3. The molecule has 4 heteroatoms. The number of rotatable bonds is 4. The summed E-state index contributed by atoms with van der Waals surface area (Å²) in [5.74, 6) is -0.422. The number of nitrogens with zero attached hydrogens (tertiary/aromatic N) is 1. The molecule has 2 N–H and O–H groups in total. The van der Waals surface area contributed by atoms with Gasteiger partial charge in [-0.05, 0) is 81.7 Å². The van der Waals surface area contributed by atoms with Gasteiger partial charge in [0.1, 0.15) is 0 Å². The Morgan fingerprint density at radius 2 is 1.67 bits per heavy atom. The van der Waals surface area contributed by atoms with E-state index in [2.05, 4.69) is 75.7 Å². The SMILES string of the molecule is NC(=O)c1cccc2c1c1[c]cc(-c3ccccc3)cc1n2Cc1ccc(I)cc1. The summed E-state index contributed by atoms with van der Waals surface area (Å²) < 4.78 is 3.46. The lowest BCUT2D eigenvalue weighted by Crippen LogP contribution is -2.11. The van der Waals surface area contributed by atoms with Crippen molar-refractivity contribution in [3.05, 3.63) is 106 Å². The summed E-state index contributed by atoms with van der Waals surface area (Å²) in [5.41, 5.74) is 11.7. The molecular formula is C26H18IN2O. The first-order valence-electron chi connectivity index (χ1n) is 9.68. The number of aromatic nitrogens is 1. The molecule has 1 aromatic heterocycles. The third-order valence-corrected chi connectivity index (χ3v) is 6.14. The summed E-state index contributed by atoms with van der Waals surface area (Å²) in [7, 11) is 0. The van der Waals surface area contributed by atoms with Crippen LogP contribution in [0.1, 0.15) is 15.9 Å². The van der Waals surface area contributed by atoms with Crippen molar-refractivity contribution in [1.29, 1.82) is 0 Å². The van der Waals surface area contributed by atoms with Gasteiger partial charge in [-0.3, -0.25) is 4.79 Å². The van der Waals surface area contributed by atoms with E-state index in [9.17, 15) is 4.79 Å². The van der Waals surface area contributed by atoms with Gasteiger partial charge in [0.25, 0.3) is 0 Å². The van der Waals surface area contributed by atoms with E-state index < -0.39 is 5.91 Å². The number of amides is 1. The molecule has 0 aliphatic heterocycles. The fraction of sp³-hybridized carbons (Fsp3) is 0.0385. The number of benzene rings is 4. The minimum Gasteiger partial charge on any atom is -0.366 e. The zero-order chi connectivity index (χ0) is 20.7. The van der Waals surface area contributed by atoms with Crippen LogP contribution >= 0.6 is 22.6 Å². The van der Waals surface area contributed by atoms with Gasteiger partial charge in [0.15, 0.2) is 0 Å². The Morgan fingerprint density at radius 1 is 0.900 bits per heavy atom. The molecule has 5 aromatic rings. The van der Waals surface area contributed by atoms with Gasteiger partial charge in [-0.1, -0.05) is 48.5 Å². The van der Waals surface area contributed by atoms with Crippen molar-refractivity contribution in [2.24, 2.45) is 5.73 Å². The van der Waals surface area contributed by atoms with Crippen molar-refractivity contribution in [2.45, 2.75) is 6.54 Å². The van der Waals surface area contributed by atoms with Crippen LogP contribution in [0.15, 0.2) is 84.9 Å². The van der Waals surface area contributed by atoms with Gasteiger partial charge in [-0.25, -0.2) is 0 Å². The van der Waals surface area contributed by atoms with Gasteiger partial charge in [-0.15, -0.1) is 0 Å². The van der Waals surface area contributed by atoms with Gasteiger partial charge < -0.3 is 10.3 Å². The van der Waals surface area contributed by atoms with Crippen molar-refractivity contribution in [2.75, 3.05) is 0 Å². The van der Waals surface area contributed by atoms with Crippen molar-refractivity contribution < 1.29 is 4.79 Å². The Kier molecular flexibility index (Phi) is 4.79. The molecule has 0 saturated heterocycles. The summed E-state index contributed by atoms with van der Waals surface area (Å²) in [6.45, 7) is 0.700. The molecule has 0 aliphatic rings. The number of carbonyl (C=O) groups is 1. The molecule has 5 rings (SSSR count). The monoisotopic (exact) mass is 501 g/mol. The predicted molar refractivity (Wildman–Crippen MR) is 130 cm³/mol. The maximum Gasteiger partial charge on any atom is 0.249 e. The van der Waals surface area contributed by atoms with Crippen LogP contribution in [0.3, 0.4) is 0 Å². The molecular weight excluding hydrogens is 483 g/mol. The fourth-order valence-corrected chi connectivity index (χ4v) is 4.36. The maximum atomic E-state index is 12.2. The molecule has 0 fully saturated rings. The molecule has 0 bridgehead atoms. The van der Waals surface area contributed by atoms with Crippen molar-refractivity contribution >= 4 is 50.3 Å². The van der Waals surface area contributed by atoms with E-state index in [1.165, 1.54) is 9.13 Å². The molecule has 145 valence electrons. The highest BCUT2D eigenvalue weighted by atomic mass is 127. The first-order valence-corrected chi connectivity index (χ1v) is 10.8. The highest BCUT2D eigenvalue weighted by Gasteiger charge is 2.17. The molecule has 0 saturated carbocycles. The molecule has 30 heavy (non-hydrogen) atoms. The number of hydrogen-bond acceptors (Lipinski definition) is 1. The van der Waals surface area contributed by atoms with Gasteiger partial charge >= 0.3 is 0 Å². The van der Waals surface area contributed by atoms with Gasteiger partial charge in [0, 0.05) is 26.5 Å². The molecule has 1 amide bonds. The largest absolute Gasteiger partial charge is 0.366 e. The van der Waals surface area contributed by atoms with Crippen molar-refractivity contribution in [1.82, 2.24) is 4.57 Å². The second-order valence-corrected chi connectivity index (χ2v) is 8.54. The predicted octanol–water partition coefficient (Wildman–Crippen LogP) is 6.01. The molecule has 0 atom stereocenters. The average molecular weight is 501 g/mol. The van der Waals surface area contributed by atoms with Crippen LogP contribution in [-0.2, 0) is 6.54 Å². The summed E-state index contributed by atoms with van der Waals surface area (Å²) in [4.78, 5) is 12.2. The van der Waals surface area contributed by atoms with E-state index in [4.69, 9.17) is 5.73 Å². The highest BCUT2D eigenvalue weighted by Crippen LogP contribution is 2.34. The van der Waals surface area contributed by atoms with Crippen LogP contribution in [0.2, 0.25) is 0 Å². The third kappa shape index (κ3) is 3.27. The number of nitrogens with two attached hydrogens (primary N) is 1. The summed E-state index contributed by atoms with van der Waals surface area (Å²) >= 11 is 2.31. The molecule has 0 unspecified atom stereocenters. The minimum absolute atomic E-state index is 0.422. The van der Waals surface area contributed by atoms with E-state index in [1.54, 1.807) is 6.07 Å². The van der Waals surface area contributed by atoms with Crippen LogP contribution in [0.4, 0.5) is 0 Å². The van der Waals surface area contributed by atoms with E-state index >= 15 is 0 Å². The topological polar surface area (TPSA) is 48.0 Å². The molecule has 0 aliphatic carbocycles. The van der Waals surface area contributed by atoms with E-state index in [1.807, 2.05) is 36.4 Å². The summed E-state index contributed by atoms with van der Waals surface area (Å²) in [5, 5.41) is 1.79. The molecule has 1 radical (unpaired) electrons. The van der Waals surface area contributed by atoms with E-state index in [0.717, 1.165) is 32.9 Å². The lowest BCUT2D eigenvalue weighted by atomic mass is 10.0. The standard InChI is InChI=1S/C26H18IN2O/c27-20-12-9-17(10-13-20)16-29-23-8-4-7-22(26(28)30)25(23)21-14-11-19(15-24(21)29)18-5-2-1-3-6-18/h1-13,15H,16H2,(H2,28,30). The van der Waals surface area contributed by atoms with Crippen LogP contribution < -0.4 is 5.73 Å². The first kappa shape index (κ1) is 18.9. The van der Waals surface area contributed by atoms with Crippen LogP contribution in [0.25, 0.3) is 32.9 Å². The first-order chi connectivity index (χ1) is 14.6. The highest BCUT2D eigenvalue weighted by molar-refractivity contribution is 14.1. The number of carbonyl (C=O) groups excluding carboxylic acids is 1. The summed E-state index contributed by atoms with van der Waals surface area (Å²) in [6.07, 6.45) is 0. The van der Waals surface area contributed by atoms with Crippen LogP contribution in [0, 0.1) is 9.64 Å². The summed E-state index contributed by atoms with van der Waals surface area (Å²) in [6, 6.07) is 32.1. The lowest BCUT2D eigenvalue weighted by Gasteiger charge is -2.09. The smallest absolute Gasteiger partial charge is 0.249 e. The average Bonchev–Trinajstić information content (AvgIpc) is 3.09. The molecule has 3 nitrogen and oxygen atoms in total. The number of hydrogen-bond donors (Lipinski definition) is 1. The zero-order valence-electron chi connectivity index (χ0n) is 16.1. The Morgan fingerprint density at radius 3 is 2.40 bits per heavy atom. The maximum absolute atomic E-state index is 12.2. The molecule has 1 heterocycles.